The molecule has 232 valence electrons. The van der Waals surface area contributed by atoms with Crippen molar-refractivity contribution >= 4 is 29.4 Å². The number of hydrogen-bond donors (Lipinski definition) is 0. The number of fused-ring (bicyclic) bond motifs is 1. The number of allylic oxidation sites excluding steroid dienone is 1. The highest BCUT2D eigenvalue weighted by Crippen LogP contribution is 2.37. The van der Waals surface area contributed by atoms with Gasteiger partial charge in [0.05, 0.1) is 49.3 Å². The average molecular weight is 623 g/mol. The maximum atomic E-state index is 14.1. The standard InChI is InChI=1S/C32H34N2O9S/c1-7-15-42-29-21(11-10-12-23(29)38-5)17-25-30(36)34-28(27(31(37)41-9-3)19(4)33-32(34)44-25)20-13-14-22(24(16-20)40-8-2)43-18-26(35)39-6/h7,10-14,16-17,28H,1,8-9,15,18H2,2-6H3/b25-17+/t28-/m1/s1. The predicted molar refractivity (Wildman–Crippen MR) is 164 cm³/mol. The highest BCUT2D eigenvalue weighted by molar-refractivity contribution is 7.07. The van der Waals surface area contributed by atoms with E-state index in [0.717, 1.165) is 0 Å². The zero-order valence-electron chi connectivity index (χ0n) is 25.2. The predicted octanol–water partition coefficient (Wildman–Crippen LogP) is 3.32. The molecule has 4 rings (SSSR count). The molecule has 2 aromatic carbocycles. The van der Waals surface area contributed by atoms with Crippen LogP contribution in [0.25, 0.3) is 6.08 Å². The number of methoxy groups -OCH3 is 2. The Morgan fingerprint density at radius 1 is 1.05 bits per heavy atom. The number of nitrogens with zero attached hydrogens (tertiary/aromatic N) is 2. The minimum Gasteiger partial charge on any atom is -0.493 e. The van der Waals surface area contributed by atoms with Crippen molar-refractivity contribution in [2.75, 3.05) is 40.6 Å². The average Bonchev–Trinajstić information content (AvgIpc) is 3.32. The molecule has 0 bridgehead atoms. The second-order valence-corrected chi connectivity index (χ2v) is 10.3. The third kappa shape index (κ3) is 6.70. The van der Waals surface area contributed by atoms with Crippen LogP contribution >= 0.6 is 11.3 Å². The van der Waals surface area contributed by atoms with Crippen LogP contribution in [-0.4, -0.2) is 57.2 Å². The number of carbonyl (C=O) groups is 2. The van der Waals surface area contributed by atoms with Crippen LogP contribution < -0.4 is 33.8 Å². The van der Waals surface area contributed by atoms with E-state index in [1.54, 1.807) is 63.3 Å². The maximum absolute atomic E-state index is 14.1. The molecule has 0 aliphatic carbocycles. The lowest BCUT2D eigenvalue weighted by molar-refractivity contribution is -0.143. The molecule has 0 amide bonds. The molecule has 1 aliphatic rings. The summed E-state index contributed by atoms with van der Waals surface area (Å²) in [5, 5.41) is 0. The van der Waals surface area contributed by atoms with Gasteiger partial charge in [0.2, 0.25) is 0 Å². The Kier molecular flexibility index (Phi) is 10.6. The van der Waals surface area contributed by atoms with Crippen molar-refractivity contribution in [1.29, 1.82) is 0 Å². The van der Waals surface area contributed by atoms with Crippen LogP contribution in [0, 0.1) is 0 Å². The first-order valence-electron chi connectivity index (χ1n) is 13.8. The third-order valence-electron chi connectivity index (χ3n) is 6.53. The second kappa shape index (κ2) is 14.6. The van der Waals surface area contributed by atoms with Gasteiger partial charge in [0.1, 0.15) is 6.61 Å². The summed E-state index contributed by atoms with van der Waals surface area (Å²) in [6.45, 7) is 9.29. The summed E-state index contributed by atoms with van der Waals surface area (Å²) in [7, 11) is 2.80. The van der Waals surface area contributed by atoms with Gasteiger partial charge in [0.15, 0.2) is 34.4 Å². The van der Waals surface area contributed by atoms with Gasteiger partial charge in [0.25, 0.3) is 5.56 Å². The smallest absolute Gasteiger partial charge is 0.343 e. The van der Waals surface area contributed by atoms with Crippen LogP contribution in [0.15, 0.2) is 70.1 Å². The van der Waals surface area contributed by atoms with Gasteiger partial charge in [-0.3, -0.25) is 9.36 Å². The van der Waals surface area contributed by atoms with Gasteiger partial charge in [-0.2, -0.15) is 0 Å². The van der Waals surface area contributed by atoms with E-state index in [1.165, 1.54) is 30.1 Å². The van der Waals surface area contributed by atoms with Crippen LogP contribution in [0.1, 0.15) is 37.9 Å². The van der Waals surface area contributed by atoms with Crippen LogP contribution in [0.4, 0.5) is 0 Å². The highest BCUT2D eigenvalue weighted by atomic mass is 32.1. The van der Waals surface area contributed by atoms with Gasteiger partial charge < -0.3 is 28.4 Å². The number of carbonyl (C=O) groups excluding carboxylic acids is 2. The Hall–Kier alpha value is -4.84. The molecule has 1 atom stereocenters. The van der Waals surface area contributed by atoms with E-state index in [0.29, 0.717) is 55.8 Å². The monoisotopic (exact) mass is 622 g/mol. The normalized spacial score (nSPS) is 14.3. The van der Waals surface area contributed by atoms with E-state index in [1.807, 2.05) is 6.07 Å². The van der Waals surface area contributed by atoms with Crippen LogP contribution in [0.3, 0.4) is 0 Å². The molecular weight excluding hydrogens is 588 g/mol. The summed E-state index contributed by atoms with van der Waals surface area (Å²) in [4.78, 5) is 44.1. The molecule has 0 fully saturated rings. The van der Waals surface area contributed by atoms with E-state index < -0.39 is 18.0 Å². The number of thiazole rings is 1. The lowest BCUT2D eigenvalue weighted by Gasteiger charge is -2.25. The minimum atomic E-state index is -0.886. The van der Waals surface area contributed by atoms with Crippen LogP contribution in [0.5, 0.6) is 23.0 Å². The van der Waals surface area contributed by atoms with E-state index in [2.05, 4.69) is 16.3 Å². The molecule has 1 aromatic heterocycles. The molecule has 12 heteroatoms. The summed E-state index contributed by atoms with van der Waals surface area (Å²) in [6.07, 6.45) is 3.33. The number of benzene rings is 2. The molecule has 0 spiro atoms. The summed E-state index contributed by atoms with van der Waals surface area (Å²) in [6, 6.07) is 9.50. The fourth-order valence-electron chi connectivity index (χ4n) is 4.63. The van der Waals surface area contributed by atoms with Gasteiger partial charge in [-0.05, 0) is 50.6 Å². The molecule has 0 saturated heterocycles. The fourth-order valence-corrected chi connectivity index (χ4v) is 5.67. The zero-order chi connectivity index (χ0) is 31.8. The van der Waals surface area contributed by atoms with Crippen molar-refractivity contribution in [3.63, 3.8) is 0 Å². The third-order valence-corrected chi connectivity index (χ3v) is 7.52. The molecule has 11 nitrogen and oxygen atoms in total. The molecule has 2 heterocycles. The SMILES string of the molecule is C=CCOc1c(/C=c2/sc3n(c2=O)[C@H](c2ccc(OCC(=O)OC)c(OCC)c2)C(C(=O)OCC)=C(C)N=3)cccc1OC. The molecule has 0 unspecified atom stereocenters. The number of aromatic nitrogens is 1. The Balaban J connectivity index is 1.92. The maximum Gasteiger partial charge on any atom is 0.343 e. The summed E-state index contributed by atoms with van der Waals surface area (Å²) in [5.41, 5.74) is 1.45. The molecule has 44 heavy (non-hydrogen) atoms. The summed E-state index contributed by atoms with van der Waals surface area (Å²) < 4.78 is 34.7. The topological polar surface area (TPSA) is 124 Å². The molecule has 1 aliphatic heterocycles. The number of rotatable bonds is 13. The lowest BCUT2D eigenvalue weighted by Crippen LogP contribution is -2.40. The number of ether oxygens (including phenoxy) is 6. The van der Waals surface area contributed by atoms with E-state index >= 15 is 0 Å². The van der Waals surface area contributed by atoms with Crippen LogP contribution in [0.2, 0.25) is 0 Å². The minimum absolute atomic E-state index is 0.139. The van der Waals surface area contributed by atoms with Crippen molar-refractivity contribution in [3.05, 3.63) is 91.1 Å². The van der Waals surface area contributed by atoms with E-state index in [-0.39, 0.29) is 31.0 Å². The molecule has 0 radical (unpaired) electrons. The summed E-state index contributed by atoms with van der Waals surface area (Å²) in [5.74, 6) is 0.450. The largest absolute Gasteiger partial charge is 0.493 e. The Labute approximate surface area is 258 Å². The molecule has 0 N–H and O–H groups in total. The molecule has 3 aromatic rings. The number of esters is 2. The first kappa shape index (κ1) is 32.1. The summed E-state index contributed by atoms with van der Waals surface area (Å²) >= 11 is 1.18. The first-order chi connectivity index (χ1) is 21.3. The number of para-hydroxylation sites is 1. The Morgan fingerprint density at radius 2 is 1.84 bits per heavy atom. The lowest BCUT2D eigenvalue weighted by atomic mass is 9.95. The Bertz CT molecular complexity index is 1770. The van der Waals surface area contributed by atoms with Gasteiger partial charge in [-0.15, -0.1) is 0 Å². The second-order valence-electron chi connectivity index (χ2n) is 9.28. The molecular formula is C32H34N2O9S. The van der Waals surface area contributed by atoms with Gasteiger partial charge >= 0.3 is 11.9 Å². The molecule has 0 saturated carbocycles. The fraction of sp³-hybridized carbons (Fsp3) is 0.312. The van der Waals surface area contributed by atoms with Crippen LogP contribution in [-0.2, 0) is 19.1 Å². The van der Waals surface area contributed by atoms with Crippen molar-refractivity contribution in [3.8, 4) is 23.0 Å². The van der Waals surface area contributed by atoms with Gasteiger partial charge in [-0.1, -0.05) is 42.2 Å². The highest BCUT2D eigenvalue weighted by Gasteiger charge is 2.34. The van der Waals surface area contributed by atoms with E-state index in [4.69, 9.17) is 23.7 Å². The quantitative estimate of drug-likeness (QED) is 0.209. The van der Waals surface area contributed by atoms with Crippen molar-refractivity contribution < 1.29 is 38.0 Å². The first-order valence-corrected chi connectivity index (χ1v) is 14.7. The van der Waals surface area contributed by atoms with Gasteiger partial charge in [0, 0.05) is 5.56 Å². The van der Waals surface area contributed by atoms with Gasteiger partial charge in [-0.25, -0.2) is 14.6 Å². The van der Waals surface area contributed by atoms with Crippen molar-refractivity contribution in [2.45, 2.75) is 26.8 Å². The zero-order valence-corrected chi connectivity index (χ0v) is 26.0. The Morgan fingerprint density at radius 3 is 2.52 bits per heavy atom. The van der Waals surface area contributed by atoms with Crippen molar-refractivity contribution in [1.82, 2.24) is 4.57 Å². The van der Waals surface area contributed by atoms with E-state index in [9.17, 15) is 14.4 Å². The number of hydrogen-bond acceptors (Lipinski definition) is 11. The van der Waals surface area contributed by atoms with Crippen molar-refractivity contribution in [2.24, 2.45) is 4.99 Å².